The summed E-state index contributed by atoms with van der Waals surface area (Å²) in [7, 11) is -2.25. The van der Waals surface area contributed by atoms with Crippen LogP contribution in [0.4, 0.5) is 0 Å². The quantitative estimate of drug-likeness (QED) is 0.652. The number of hydrogen-bond acceptors (Lipinski definition) is 3. The van der Waals surface area contributed by atoms with Crippen molar-refractivity contribution in [3.63, 3.8) is 0 Å². The van der Waals surface area contributed by atoms with Gasteiger partial charge in [-0.25, -0.2) is 0 Å². The summed E-state index contributed by atoms with van der Waals surface area (Å²) < 4.78 is 5.05. The lowest BCUT2D eigenvalue weighted by atomic mass is 9.77. The van der Waals surface area contributed by atoms with Crippen LogP contribution in [0.25, 0.3) is 0 Å². The fourth-order valence-corrected chi connectivity index (χ4v) is 3.32. The number of hydrogen-bond donors (Lipinski definition) is 2. The van der Waals surface area contributed by atoms with Crippen molar-refractivity contribution in [3.05, 3.63) is 35.4 Å². The molecule has 3 nitrogen and oxygen atoms in total. The van der Waals surface area contributed by atoms with Gasteiger partial charge in [-0.15, -0.1) is 0 Å². The monoisotopic (exact) mass is 326 g/mol. The maximum absolute atomic E-state index is 8.95. The van der Waals surface area contributed by atoms with E-state index in [1.165, 1.54) is 11.1 Å². The summed E-state index contributed by atoms with van der Waals surface area (Å²) in [5.74, 6) is 0.829. The minimum absolute atomic E-state index is 0.132. The van der Waals surface area contributed by atoms with E-state index in [0.29, 0.717) is 18.4 Å². The van der Waals surface area contributed by atoms with Crippen molar-refractivity contribution in [1.29, 1.82) is 0 Å². The Morgan fingerprint density at radius 3 is 2.23 bits per heavy atom. The molecule has 0 amide bonds. The second-order valence-corrected chi connectivity index (χ2v) is 7.76. The fraction of sp³-hybridized carbons (Fsp3) is 0.667. The molecule has 0 spiro atoms. The topological polar surface area (TPSA) is 49.7 Å². The van der Waals surface area contributed by atoms with Crippen LogP contribution in [0.5, 0.6) is 0 Å². The maximum Gasteiger partial charge on any atom is 0.327 e. The Morgan fingerprint density at radius 1 is 1.09 bits per heavy atom. The van der Waals surface area contributed by atoms with Gasteiger partial charge >= 0.3 is 8.60 Å². The van der Waals surface area contributed by atoms with E-state index >= 15 is 0 Å². The third kappa shape index (κ3) is 5.96. The molecule has 126 valence electrons. The van der Waals surface area contributed by atoms with Crippen LogP contribution >= 0.6 is 8.60 Å². The van der Waals surface area contributed by atoms with Crippen LogP contribution in [0, 0.1) is 5.92 Å². The zero-order valence-corrected chi connectivity index (χ0v) is 15.4. The Morgan fingerprint density at radius 2 is 1.73 bits per heavy atom. The third-order valence-corrected chi connectivity index (χ3v) is 4.70. The van der Waals surface area contributed by atoms with E-state index in [4.69, 9.17) is 14.3 Å². The summed E-state index contributed by atoms with van der Waals surface area (Å²) in [4.78, 5) is 17.9. The van der Waals surface area contributed by atoms with Crippen molar-refractivity contribution in [3.8, 4) is 0 Å². The first kappa shape index (κ1) is 19.6. The second-order valence-electron chi connectivity index (χ2n) is 7.00. The lowest BCUT2D eigenvalue weighted by Crippen LogP contribution is -2.18. The Labute approximate surface area is 136 Å². The molecule has 0 radical (unpaired) electrons. The smallest absolute Gasteiger partial charge is 0.327 e. The summed E-state index contributed by atoms with van der Waals surface area (Å²) in [5, 5.41) is 0. The van der Waals surface area contributed by atoms with Gasteiger partial charge in [0.15, 0.2) is 0 Å². The predicted molar refractivity (Wildman–Crippen MR) is 93.9 cm³/mol. The predicted octanol–water partition coefficient (Wildman–Crippen LogP) is 5.12. The molecule has 0 bridgehead atoms. The van der Waals surface area contributed by atoms with Crippen LogP contribution < -0.4 is 0 Å². The minimum Gasteiger partial charge on any atom is -0.328 e. The fourth-order valence-electron chi connectivity index (χ4n) is 2.98. The Bertz CT molecular complexity index is 440. The molecular weight excluding hydrogens is 295 g/mol. The molecule has 1 aromatic carbocycles. The molecule has 1 rings (SSSR count). The van der Waals surface area contributed by atoms with Crippen LogP contribution in [-0.2, 0) is 9.94 Å². The molecule has 0 aliphatic carbocycles. The van der Waals surface area contributed by atoms with E-state index in [9.17, 15) is 0 Å². The van der Waals surface area contributed by atoms with E-state index in [1.807, 2.05) is 0 Å². The highest BCUT2D eigenvalue weighted by molar-refractivity contribution is 7.39. The normalized spacial score (nSPS) is 15.1. The van der Waals surface area contributed by atoms with Crippen LogP contribution in [0.2, 0.25) is 0 Å². The molecule has 4 heteroatoms. The van der Waals surface area contributed by atoms with Crippen molar-refractivity contribution >= 4 is 8.60 Å². The average Bonchev–Trinajstić information content (AvgIpc) is 2.46. The number of rotatable bonds is 8. The van der Waals surface area contributed by atoms with Gasteiger partial charge < -0.3 is 14.3 Å². The average molecular weight is 326 g/mol. The molecule has 2 atom stereocenters. The Hall–Kier alpha value is -0.470. The van der Waals surface area contributed by atoms with Crippen LogP contribution in [-0.4, -0.2) is 16.4 Å². The summed E-state index contributed by atoms with van der Waals surface area (Å²) in [6.07, 6.45) is 3.08. The maximum atomic E-state index is 8.95. The number of benzene rings is 1. The summed E-state index contributed by atoms with van der Waals surface area (Å²) in [5.41, 5.74) is 2.96. The molecular formula is C18H31O3P. The standard InChI is InChI=1S/C18H31O3P/c1-6-14(13-21-22(19)20)12-15(7-2)16-10-8-9-11-17(16)18(3,4)5/h8-11,14-15,19-20H,6-7,12-13H2,1-5H3. The van der Waals surface area contributed by atoms with E-state index in [0.717, 1.165) is 19.3 Å². The molecule has 2 N–H and O–H groups in total. The SMILES string of the molecule is CCC(COP(O)O)CC(CC)c1ccccc1C(C)(C)C. The van der Waals surface area contributed by atoms with Gasteiger partial charge in [-0.2, -0.15) is 0 Å². The molecule has 0 aliphatic heterocycles. The highest BCUT2D eigenvalue weighted by Crippen LogP contribution is 2.37. The first-order chi connectivity index (χ1) is 10.3. The van der Waals surface area contributed by atoms with Crippen LogP contribution in [0.1, 0.15) is 70.9 Å². The molecule has 0 aromatic heterocycles. The Kier molecular flexibility index (Phi) is 7.99. The minimum atomic E-state index is -2.25. The molecule has 0 saturated carbocycles. The van der Waals surface area contributed by atoms with Gasteiger partial charge in [0.1, 0.15) is 0 Å². The van der Waals surface area contributed by atoms with Crippen molar-refractivity contribution in [1.82, 2.24) is 0 Å². The van der Waals surface area contributed by atoms with Crippen LogP contribution in [0.15, 0.2) is 24.3 Å². The molecule has 0 aliphatic rings. The first-order valence-electron chi connectivity index (χ1n) is 8.19. The Balaban J connectivity index is 2.92. The van der Waals surface area contributed by atoms with Gasteiger partial charge in [0.25, 0.3) is 0 Å². The molecule has 1 aromatic rings. The summed E-state index contributed by atoms with van der Waals surface area (Å²) in [6.45, 7) is 11.5. The van der Waals surface area contributed by atoms with Crippen molar-refractivity contribution in [2.75, 3.05) is 6.61 Å². The zero-order chi connectivity index (χ0) is 16.8. The zero-order valence-electron chi connectivity index (χ0n) is 14.5. The van der Waals surface area contributed by atoms with Gasteiger partial charge in [0, 0.05) is 0 Å². The first-order valence-corrected chi connectivity index (χ1v) is 9.36. The van der Waals surface area contributed by atoms with Gasteiger partial charge in [0.05, 0.1) is 6.61 Å². The van der Waals surface area contributed by atoms with Crippen molar-refractivity contribution in [2.45, 2.75) is 65.2 Å². The largest absolute Gasteiger partial charge is 0.328 e. The van der Waals surface area contributed by atoms with Crippen LogP contribution in [0.3, 0.4) is 0 Å². The van der Waals surface area contributed by atoms with E-state index in [2.05, 4.69) is 58.9 Å². The van der Waals surface area contributed by atoms with Crippen molar-refractivity contribution < 1.29 is 14.3 Å². The van der Waals surface area contributed by atoms with E-state index in [1.54, 1.807) is 0 Å². The van der Waals surface area contributed by atoms with Gasteiger partial charge in [0.2, 0.25) is 0 Å². The molecule has 0 fully saturated rings. The molecule has 0 saturated heterocycles. The highest BCUT2D eigenvalue weighted by atomic mass is 31.2. The van der Waals surface area contributed by atoms with Crippen molar-refractivity contribution in [2.24, 2.45) is 5.92 Å². The summed E-state index contributed by atoms with van der Waals surface area (Å²) >= 11 is 0. The lowest BCUT2D eigenvalue weighted by molar-refractivity contribution is 0.196. The highest BCUT2D eigenvalue weighted by Gasteiger charge is 2.24. The molecule has 0 heterocycles. The third-order valence-electron chi connectivity index (χ3n) is 4.32. The second kappa shape index (κ2) is 8.98. The summed E-state index contributed by atoms with van der Waals surface area (Å²) in [6, 6.07) is 8.71. The van der Waals surface area contributed by atoms with E-state index in [-0.39, 0.29) is 5.41 Å². The van der Waals surface area contributed by atoms with E-state index < -0.39 is 8.60 Å². The molecule has 2 unspecified atom stereocenters. The van der Waals surface area contributed by atoms with Gasteiger partial charge in [-0.3, -0.25) is 0 Å². The van der Waals surface area contributed by atoms with Gasteiger partial charge in [-0.05, 0) is 41.2 Å². The van der Waals surface area contributed by atoms with Gasteiger partial charge in [-0.1, -0.05) is 65.3 Å². The lowest BCUT2D eigenvalue weighted by Gasteiger charge is -2.29. The molecule has 22 heavy (non-hydrogen) atoms.